The molecule has 1 amide bonds. The number of aromatic nitrogens is 2. The van der Waals surface area contributed by atoms with Crippen LogP contribution in [0.2, 0.25) is 0 Å². The summed E-state index contributed by atoms with van der Waals surface area (Å²) < 4.78 is 0. The Balaban J connectivity index is 1.79. The van der Waals surface area contributed by atoms with E-state index in [1.165, 1.54) is 6.20 Å². The van der Waals surface area contributed by atoms with Gasteiger partial charge < -0.3 is 16.2 Å². The molecule has 2 aromatic rings. The monoisotopic (exact) mass is 298 g/mol. The van der Waals surface area contributed by atoms with E-state index in [2.05, 4.69) is 15.3 Å². The van der Waals surface area contributed by atoms with Crippen LogP contribution in [0.5, 0.6) is 0 Å². The van der Waals surface area contributed by atoms with Crippen LogP contribution in [0, 0.1) is 5.92 Å². The zero-order valence-corrected chi connectivity index (χ0v) is 12.0. The third-order valence-electron chi connectivity index (χ3n) is 3.98. The molecule has 2 aromatic heterocycles. The van der Waals surface area contributed by atoms with Crippen molar-refractivity contribution in [1.29, 1.82) is 0 Å². The first-order valence-corrected chi connectivity index (χ1v) is 7.25. The number of hydrogen-bond donors (Lipinski definition) is 3. The summed E-state index contributed by atoms with van der Waals surface area (Å²) in [6.07, 6.45) is 4.46. The minimum atomic E-state index is -0.498. The van der Waals surface area contributed by atoms with E-state index in [0.717, 1.165) is 18.5 Å². The molecule has 1 fully saturated rings. The zero-order valence-electron chi connectivity index (χ0n) is 12.0. The Morgan fingerprint density at radius 2 is 2.09 bits per heavy atom. The van der Waals surface area contributed by atoms with Gasteiger partial charge in [-0.05, 0) is 43.0 Å². The molecule has 2 heterocycles. The third kappa shape index (κ3) is 3.07. The fourth-order valence-electron chi connectivity index (χ4n) is 2.68. The van der Waals surface area contributed by atoms with E-state index in [0.29, 0.717) is 17.3 Å². The highest BCUT2D eigenvalue weighted by molar-refractivity contribution is 5.92. The molecule has 1 saturated carbocycles. The number of aliphatic hydroxyl groups is 1. The van der Waals surface area contributed by atoms with Crippen LogP contribution >= 0.6 is 0 Å². The Labute approximate surface area is 128 Å². The van der Waals surface area contributed by atoms with Crippen molar-refractivity contribution in [3.63, 3.8) is 0 Å². The average molecular weight is 298 g/mol. The second-order valence-electron chi connectivity index (χ2n) is 5.56. The number of rotatable bonds is 5. The van der Waals surface area contributed by atoms with Crippen LogP contribution in [-0.2, 0) is 0 Å². The van der Waals surface area contributed by atoms with Crippen LogP contribution in [0.3, 0.4) is 0 Å². The number of hydrogen-bond acceptors (Lipinski definition) is 5. The summed E-state index contributed by atoms with van der Waals surface area (Å²) in [5, 5.41) is 12.9. The van der Waals surface area contributed by atoms with E-state index >= 15 is 0 Å². The molecular weight excluding hydrogens is 280 g/mol. The summed E-state index contributed by atoms with van der Waals surface area (Å²) in [4.78, 5) is 19.7. The second-order valence-corrected chi connectivity index (χ2v) is 5.56. The van der Waals surface area contributed by atoms with Crippen molar-refractivity contribution in [2.45, 2.75) is 25.0 Å². The molecule has 114 valence electrons. The standard InChI is InChI=1S/C16H18N4O2/c17-16(22)10-4-5-14(19-9-10)20-15(11-7-12(21)8-11)13-3-1-2-6-18-13/h1-6,9,11-12,15,21H,7-8H2,(H2,17,22)(H,19,20)/t11?,12?,15-/m1/s1. The SMILES string of the molecule is NC(=O)c1ccc(N[C@@H](c2ccccn2)C2CC(O)C2)nc1. The Morgan fingerprint density at radius 1 is 1.27 bits per heavy atom. The summed E-state index contributed by atoms with van der Waals surface area (Å²) in [5.74, 6) is 0.465. The fraction of sp³-hybridized carbons (Fsp3) is 0.312. The molecule has 0 radical (unpaired) electrons. The number of primary amides is 1. The molecule has 22 heavy (non-hydrogen) atoms. The van der Waals surface area contributed by atoms with Crippen LogP contribution in [0.4, 0.5) is 5.82 Å². The summed E-state index contributed by atoms with van der Waals surface area (Å²) in [6.45, 7) is 0. The van der Waals surface area contributed by atoms with Crippen LogP contribution in [0.1, 0.15) is 34.9 Å². The van der Waals surface area contributed by atoms with Crippen molar-refractivity contribution in [2.24, 2.45) is 11.7 Å². The molecule has 3 rings (SSSR count). The number of nitrogens with two attached hydrogens (primary N) is 1. The topological polar surface area (TPSA) is 101 Å². The normalized spacial score (nSPS) is 21.7. The molecular formula is C16H18N4O2. The van der Waals surface area contributed by atoms with Crippen LogP contribution in [0.15, 0.2) is 42.7 Å². The molecule has 1 aliphatic rings. The van der Waals surface area contributed by atoms with Crippen LogP contribution in [0.25, 0.3) is 0 Å². The quantitative estimate of drug-likeness (QED) is 0.776. The maximum absolute atomic E-state index is 11.1. The van der Waals surface area contributed by atoms with Crippen molar-refractivity contribution in [1.82, 2.24) is 9.97 Å². The number of carbonyl (C=O) groups is 1. The van der Waals surface area contributed by atoms with Crippen LogP contribution in [-0.4, -0.2) is 27.1 Å². The van der Waals surface area contributed by atoms with E-state index < -0.39 is 5.91 Å². The summed E-state index contributed by atoms with van der Waals surface area (Å²) in [5.41, 5.74) is 6.50. The van der Waals surface area contributed by atoms with E-state index in [-0.39, 0.29) is 12.1 Å². The average Bonchev–Trinajstić information content (AvgIpc) is 2.51. The van der Waals surface area contributed by atoms with E-state index in [1.54, 1.807) is 18.3 Å². The van der Waals surface area contributed by atoms with Crippen molar-refractivity contribution < 1.29 is 9.90 Å². The Bertz CT molecular complexity index is 639. The fourth-order valence-corrected chi connectivity index (χ4v) is 2.68. The van der Waals surface area contributed by atoms with Gasteiger partial charge in [-0.25, -0.2) is 4.98 Å². The van der Waals surface area contributed by atoms with Gasteiger partial charge in [0, 0.05) is 12.4 Å². The highest BCUT2D eigenvalue weighted by Gasteiger charge is 2.35. The second kappa shape index (κ2) is 6.11. The van der Waals surface area contributed by atoms with E-state index in [1.807, 2.05) is 18.2 Å². The molecule has 0 aromatic carbocycles. The molecule has 0 spiro atoms. The van der Waals surface area contributed by atoms with Crippen molar-refractivity contribution in [3.05, 3.63) is 54.0 Å². The minimum absolute atomic E-state index is 0.0171. The van der Waals surface area contributed by atoms with Gasteiger partial charge in [0.1, 0.15) is 5.82 Å². The molecule has 4 N–H and O–H groups in total. The lowest BCUT2D eigenvalue weighted by molar-refractivity contribution is 0.0333. The summed E-state index contributed by atoms with van der Waals surface area (Å²) in [7, 11) is 0. The minimum Gasteiger partial charge on any atom is -0.393 e. The maximum Gasteiger partial charge on any atom is 0.250 e. The first kappa shape index (κ1) is 14.5. The van der Waals surface area contributed by atoms with Crippen molar-refractivity contribution in [2.75, 3.05) is 5.32 Å². The third-order valence-corrected chi connectivity index (χ3v) is 3.98. The lowest BCUT2D eigenvalue weighted by Gasteiger charge is -2.38. The number of nitrogens with one attached hydrogen (secondary N) is 1. The molecule has 0 unspecified atom stereocenters. The summed E-state index contributed by atoms with van der Waals surface area (Å²) in [6, 6.07) is 9.12. The lowest BCUT2D eigenvalue weighted by Crippen LogP contribution is -2.36. The molecule has 6 nitrogen and oxygen atoms in total. The van der Waals surface area contributed by atoms with Gasteiger partial charge in [-0.15, -0.1) is 0 Å². The Kier molecular flexibility index (Phi) is 4.02. The van der Waals surface area contributed by atoms with E-state index in [4.69, 9.17) is 5.73 Å². The van der Waals surface area contributed by atoms with Gasteiger partial charge in [-0.1, -0.05) is 6.07 Å². The van der Waals surface area contributed by atoms with Crippen molar-refractivity contribution in [3.8, 4) is 0 Å². The van der Waals surface area contributed by atoms with Crippen molar-refractivity contribution >= 4 is 11.7 Å². The lowest BCUT2D eigenvalue weighted by atomic mass is 9.76. The van der Waals surface area contributed by atoms with Gasteiger partial charge in [0.2, 0.25) is 5.91 Å². The molecule has 0 saturated heterocycles. The number of pyridine rings is 2. The number of anilines is 1. The first-order valence-electron chi connectivity index (χ1n) is 7.25. The van der Waals surface area contributed by atoms with Gasteiger partial charge in [-0.3, -0.25) is 9.78 Å². The predicted octanol–water partition coefficient (Wildman–Crippen LogP) is 1.50. The largest absolute Gasteiger partial charge is 0.393 e. The molecule has 0 aliphatic heterocycles. The van der Waals surface area contributed by atoms with Gasteiger partial charge in [0.15, 0.2) is 0 Å². The highest BCUT2D eigenvalue weighted by Crippen LogP contribution is 2.39. The smallest absolute Gasteiger partial charge is 0.250 e. The van der Waals surface area contributed by atoms with Gasteiger partial charge in [-0.2, -0.15) is 0 Å². The van der Waals surface area contributed by atoms with Gasteiger partial charge >= 0.3 is 0 Å². The number of carbonyl (C=O) groups excluding carboxylic acids is 1. The van der Waals surface area contributed by atoms with Crippen LogP contribution < -0.4 is 11.1 Å². The molecule has 1 atom stereocenters. The Morgan fingerprint density at radius 3 is 2.64 bits per heavy atom. The number of nitrogens with zero attached hydrogens (tertiary/aromatic N) is 2. The molecule has 1 aliphatic carbocycles. The highest BCUT2D eigenvalue weighted by atomic mass is 16.3. The predicted molar refractivity (Wildman–Crippen MR) is 82.1 cm³/mol. The Hall–Kier alpha value is -2.47. The number of amides is 1. The van der Waals surface area contributed by atoms with E-state index in [9.17, 15) is 9.90 Å². The van der Waals surface area contributed by atoms with Gasteiger partial charge in [0.25, 0.3) is 0 Å². The molecule has 0 bridgehead atoms. The zero-order chi connectivity index (χ0) is 15.5. The first-order chi connectivity index (χ1) is 10.6. The maximum atomic E-state index is 11.1. The molecule has 6 heteroatoms. The summed E-state index contributed by atoms with van der Waals surface area (Å²) >= 11 is 0. The number of aliphatic hydroxyl groups excluding tert-OH is 1. The van der Waals surface area contributed by atoms with Gasteiger partial charge in [0.05, 0.1) is 23.4 Å².